The van der Waals surface area contributed by atoms with Gasteiger partial charge in [0.25, 0.3) is 5.01 Å². The van der Waals surface area contributed by atoms with Gasteiger partial charge in [-0.25, -0.2) is 10.1 Å². The minimum absolute atomic E-state index is 0.395. The second-order valence-corrected chi connectivity index (χ2v) is 16.5. The van der Waals surface area contributed by atoms with Crippen LogP contribution in [0.5, 0.6) is 0 Å². The number of carbonyl (C=O) groups excluding carboxylic acids is 1. The summed E-state index contributed by atoms with van der Waals surface area (Å²) in [7, 11) is 1.79. The summed E-state index contributed by atoms with van der Waals surface area (Å²) in [5, 5.41) is 15.8. The third-order valence-corrected chi connectivity index (χ3v) is 11.3. The van der Waals surface area contributed by atoms with Crippen LogP contribution in [0.25, 0.3) is 16.3 Å². The first-order chi connectivity index (χ1) is 23.5. The summed E-state index contributed by atoms with van der Waals surface area (Å²) in [6.45, 7) is 9.45. The number of benzene rings is 2. The maximum absolute atomic E-state index is 13.4. The van der Waals surface area contributed by atoms with Crippen molar-refractivity contribution < 1.29 is 28.7 Å². The van der Waals surface area contributed by atoms with Crippen molar-refractivity contribution in [2.24, 2.45) is 0 Å². The van der Waals surface area contributed by atoms with Crippen molar-refractivity contribution >= 4 is 86.4 Å². The lowest BCUT2D eigenvalue weighted by Crippen LogP contribution is -2.35. The van der Waals surface area contributed by atoms with Crippen molar-refractivity contribution in [2.45, 2.75) is 76.8 Å². The molecule has 8 nitrogen and oxygen atoms in total. The van der Waals surface area contributed by atoms with Crippen molar-refractivity contribution in [3.63, 3.8) is 0 Å². The molecule has 0 spiro atoms. The summed E-state index contributed by atoms with van der Waals surface area (Å²) >= 11 is 17.3. The van der Waals surface area contributed by atoms with Gasteiger partial charge in [-0.3, -0.25) is 4.90 Å². The van der Waals surface area contributed by atoms with Crippen molar-refractivity contribution in [3.05, 3.63) is 91.6 Å². The molecule has 0 atom stereocenters. The van der Waals surface area contributed by atoms with E-state index in [2.05, 4.69) is 56.1 Å². The van der Waals surface area contributed by atoms with Crippen LogP contribution in [0.1, 0.15) is 64.8 Å². The van der Waals surface area contributed by atoms with Gasteiger partial charge in [0.15, 0.2) is 6.54 Å². The molecule has 1 amide bonds. The number of nitrogens with zero attached hydrogens (tertiary/aromatic N) is 3. The van der Waals surface area contributed by atoms with E-state index >= 15 is 0 Å². The number of aromatic nitrogens is 1. The number of likely N-dealkylation sites (N-methyl/N-ethyl adjacent to an activating group) is 1. The first-order valence-electron chi connectivity index (χ1n) is 16.2. The summed E-state index contributed by atoms with van der Waals surface area (Å²) < 4.78 is 13.7. The average molecular weight is 764 g/mol. The second kappa shape index (κ2) is 17.2. The Morgan fingerprint density at radius 2 is 1.88 bits per heavy atom. The second-order valence-electron chi connectivity index (χ2n) is 12.7. The lowest BCUT2D eigenvalue weighted by Gasteiger charge is -2.26. The predicted octanol–water partition coefficient (Wildman–Crippen LogP) is 11.1. The third kappa shape index (κ3) is 9.65. The van der Waals surface area contributed by atoms with Gasteiger partial charge in [-0.1, -0.05) is 70.8 Å². The smallest absolute Gasteiger partial charge is 0.414 e. The highest BCUT2D eigenvalue weighted by Gasteiger charge is 2.30. The van der Waals surface area contributed by atoms with E-state index in [1.165, 1.54) is 4.90 Å². The summed E-state index contributed by atoms with van der Waals surface area (Å²) in [4.78, 5) is 18.6. The maximum Gasteiger partial charge on any atom is 0.414 e. The first kappa shape index (κ1) is 37.8. The number of allylic oxidation sites excluding steroid dienone is 5. The van der Waals surface area contributed by atoms with Crippen LogP contribution in [0.15, 0.2) is 81.4 Å². The Bertz CT molecular complexity index is 1800. The number of fused-ring (bicyclic) bond motifs is 2. The molecule has 1 aliphatic heterocycles. The molecular weight excluding hydrogens is 722 g/mol. The van der Waals surface area contributed by atoms with Gasteiger partial charge >= 0.3 is 6.09 Å². The third-order valence-electron chi connectivity index (χ3n) is 7.94. The summed E-state index contributed by atoms with van der Waals surface area (Å²) in [5.74, 6) is 0.626. The Morgan fingerprint density at radius 3 is 2.63 bits per heavy atom. The largest absolute Gasteiger partial charge is 0.443 e. The molecule has 2 aromatic carbocycles. The predicted molar refractivity (Wildman–Crippen MR) is 204 cm³/mol. The fourth-order valence-corrected chi connectivity index (χ4v) is 8.58. The molecule has 5 rings (SSSR count). The zero-order chi connectivity index (χ0) is 35.1. The number of hydrogen-bond acceptors (Lipinski definition) is 9. The highest BCUT2D eigenvalue weighted by molar-refractivity contribution is 8.03. The summed E-state index contributed by atoms with van der Waals surface area (Å²) in [6.07, 6.45) is 12.7. The Kier molecular flexibility index (Phi) is 13.2. The van der Waals surface area contributed by atoms with E-state index in [-0.39, 0.29) is 0 Å². The summed E-state index contributed by atoms with van der Waals surface area (Å²) in [6, 6.07) is 12.0. The van der Waals surface area contributed by atoms with Crippen LogP contribution in [0.4, 0.5) is 10.5 Å². The van der Waals surface area contributed by atoms with Crippen LogP contribution in [-0.2, 0) is 20.7 Å². The fraction of sp³-hybridized carbons (Fsp3) is 0.389. The van der Waals surface area contributed by atoms with Gasteiger partial charge in [0.2, 0.25) is 5.52 Å². The van der Waals surface area contributed by atoms with Crippen molar-refractivity contribution in [1.82, 2.24) is 4.90 Å². The monoisotopic (exact) mass is 762 g/mol. The Morgan fingerprint density at radius 1 is 1.10 bits per heavy atom. The fourth-order valence-electron chi connectivity index (χ4n) is 5.74. The van der Waals surface area contributed by atoms with Crippen LogP contribution >= 0.6 is 58.3 Å². The first-order valence-corrected chi connectivity index (χ1v) is 19.5. The number of anilines is 1. The lowest BCUT2D eigenvalue weighted by atomic mass is 10.1. The normalized spacial score (nSPS) is 16.6. The van der Waals surface area contributed by atoms with Gasteiger partial charge < -0.3 is 9.64 Å². The number of thioether (sulfide) groups is 1. The van der Waals surface area contributed by atoms with Gasteiger partial charge in [0.1, 0.15) is 10.3 Å². The quantitative estimate of drug-likeness (QED) is 0.0606. The minimum Gasteiger partial charge on any atom is -0.443 e. The van der Waals surface area contributed by atoms with E-state index < -0.39 is 11.7 Å². The van der Waals surface area contributed by atoms with Crippen molar-refractivity contribution in [1.29, 1.82) is 0 Å². The molecule has 0 fully saturated rings. The Labute approximate surface area is 311 Å². The molecule has 13 heteroatoms. The Balaban J connectivity index is 1.51. The van der Waals surface area contributed by atoms with E-state index in [1.54, 1.807) is 35.0 Å². The number of carbonyl (C=O) groups is 1. The molecule has 0 bridgehead atoms. The SMILES string of the molecule is CCCCN1/C(=C/C=C2CCC(/C=C/c3sc4ccc(Cl)cc4[n+]3CCCSOOO)=C2N(C)C(=O)OC(C)(C)C)Sc2ccc(Cl)cc21. The molecule has 2 heterocycles. The van der Waals surface area contributed by atoms with E-state index in [1.807, 2.05) is 51.1 Å². The number of aryl methyl sites for hydroxylation is 1. The number of amides is 1. The highest BCUT2D eigenvalue weighted by atomic mass is 35.5. The number of unbranched alkanes of at least 4 members (excludes halogenated alkanes) is 1. The number of ether oxygens (including phenoxy) is 1. The molecule has 0 unspecified atom stereocenters. The highest BCUT2D eigenvalue weighted by Crippen LogP contribution is 2.47. The topological polar surface area (TPSA) is 75.4 Å². The number of rotatable bonds is 13. The van der Waals surface area contributed by atoms with Gasteiger partial charge in [-0.15, -0.1) is 4.33 Å². The molecule has 3 aromatic rings. The van der Waals surface area contributed by atoms with Crippen LogP contribution in [0.3, 0.4) is 0 Å². The van der Waals surface area contributed by atoms with E-state index in [9.17, 15) is 4.79 Å². The Hall–Kier alpha value is -2.48. The molecule has 2 aliphatic rings. The zero-order valence-corrected chi connectivity index (χ0v) is 32.3. The standard InChI is InChI=1S/C36H41Cl2N3O5S3/c1-6-7-19-40-28-22-26(37)13-15-30(28)48-32(40)17-11-24-9-10-25(34(24)39(5)35(42)44-36(2,3)4)12-18-33-41(20-8-21-47-46-45-43)29-23-27(38)14-16-31(29)49-33/h11-18,22-23H,6-10,19-21H2,1-5H3/p+1. The van der Waals surface area contributed by atoms with E-state index in [0.29, 0.717) is 17.3 Å². The molecule has 49 heavy (non-hydrogen) atoms. The average Bonchev–Trinajstić information content (AvgIpc) is 3.72. The van der Waals surface area contributed by atoms with Crippen molar-refractivity contribution in [3.8, 4) is 0 Å². The van der Waals surface area contributed by atoms with E-state index in [0.717, 1.165) is 98.5 Å². The van der Waals surface area contributed by atoms with Crippen LogP contribution in [-0.4, -0.2) is 41.2 Å². The minimum atomic E-state index is -0.629. The number of thiazole rings is 1. The van der Waals surface area contributed by atoms with Crippen LogP contribution in [0.2, 0.25) is 10.0 Å². The maximum atomic E-state index is 13.4. The molecule has 262 valence electrons. The number of halogens is 2. The number of hydrogen-bond donors (Lipinski definition) is 1. The molecular formula is C36H42Cl2N3O5S3+. The zero-order valence-electron chi connectivity index (χ0n) is 28.3. The molecule has 1 aromatic heterocycles. The van der Waals surface area contributed by atoms with Crippen molar-refractivity contribution in [2.75, 3.05) is 24.2 Å². The van der Waals surface area contributed by atoms with Crippen LogP contribution < -0.4 is 9.47 Å². The molecule has 0 radical (unpaired) electrons. The molecule has 1 N–H and O–H groups in total. The molecule has 0 saturated carbocycles. The lowest BCUT2D eigenvalue weighted by molar-refractivity contribution is -0.668. The van der Waals surface area contributed by atoms with Gasteiger partial charge in [0.05, 0.1) is 16.4 Å². The van der Waals surface area contributed by atoms with Crippen LogP contribution in [0, 0.1) is 0 Å². The molecule has 0 saturated heterocycles. The van der Waals surface area contributed by atoms with E-state index in [4.69, 9.17) is 33.2 Å². The van der Waals surface area contributed by atoms with Gasteiger partial charge in [-0.05, 0) is 93.7 Å². The molecule has 1 aliphatic carbocycles. The summed E-state index contributed by atoms with van der Waals surface area (Å²) in [5.41, 5.74) is 4.54. The van der Waals surface area contributed by atoms with Gasteiger partial charge in [-0.2, -0.15) is 4.57 Å². The van der Waals surface area contributed by atoms with Gasteiger partial charge in [0, 0.05) is 64.9 Å².